The number of imide groups is 1. The van der Waals surface area contributed by atoms with Gasteiger partial charge in [0.25, 0.3) is 5.91 Å². The van der Waals surface area contributed by atoms with Gasteiger partial charge in [-0.1, -0.05) is 6.92 Å². The van der Waals surface area contributed by atoms with E-state index >= 15 is 0 Å². The molecule has 0 spiro atoms. The van der Waals surface area contributed by atoms with Gasteiger partial charge in [-0.15, -0.1) is 0 Å². The van der Waals surface area contributed by atoms with Crippen molar-refractivity contribution < 1.29 is 23.9 Å². The quantitative estimate of drug-likeness (QED) is 0.535. The van der Waals surface area contributed by atoms with Crippen LogP contribution in [0.1, 0.15) is 69.8 Å². The van der Waals surface area contributed by atoms with E-state index in [0.717, 1.165) is 17.7 Å². The van der Waals surface area contributed by atoms with Crippen LogP contribution in [0.15, 0.2) is 18.2 Å². The van der Waals surface area contributed by atoms with Crippen LogP contribution in [0.3, 0.4) is 0 Å². The third-order valence-electron chi connectivity index (χ3n) is 5.44. The van der Waals surface area contributed by atoms with Crippen LogP contribution in [0.5, 0.6) is 0 Å². The van der Waals surface area contributed by atoms with E-state index in [9.17, 15) is 19.2 Å². The topological polar surface area (TPSA) is 99.3 Å². The average Bonchev–Trinajstić information content (AvgIpc) is 3.02. The van der Waals surface area contributed by atoms with Crippen LogP contribution in [-0.2, 0) is 20.9 Å². The fourth-order valence-electron chi connectivity index (χ4n) is 4.04. The minimum Gasteiger partial charge on any atom is -0.442 e. The molecule has 1 N–H and O–H groups in total. The molecule has 32 heavy (non-hydrogen) atoms. The Hall–Kier alpha value is -3.10. The minimum absolute atomic E-state index is 0.216. The molecule has 9 heteroatoms. The zero-order valence-electron chi connectivity index (χ0n) is 19.4. The molecule has 0 aromatic heterocycles. The van der Waals surface area contributed by atoms with E-state index in [0.29, 0.717) is 25.1 Å². The Labute approximate surface area is 188 Å². The molecule has 0 bridgehead atoms. The molecule has 1 saturated heterocycles. The first-order valence-electron chi connectivity index (χ1n) is 11.1. The van der Waals surface area contributed by atoms with Crippen molar-refractivity contribution in [3.63, 3.8) is 0 Å². The van der Waals surface area contributed by atoms with Crippen LogP contribution >= 0.6 is 0 Å². The molecule has 1 unspecified atom stereocenters. The fraction of sp³-hybridized carbons (Fsp3) is 0.565. The molecule has 1 aromatic carbocycles. The van der Waals surface area contributed by atoms with Crippen LogP contribution < -0.4 is 10.3 Å². The van der Waals surface area contributed by atoms with Crippen LogP contribution in [0.25, 0.3) is 0 Å². The molecular weight excluding hydrogens is 412 g/mol. The molecule has 2 heterocycles. The van der Waals surface area contributed by atoms with Gasteiger partial charge in [-0.3, -0.25) is 24.7 Å². The zero-order chi connectivity index (χ0) is 23.6. The molecule has 174 valence electrons. The number of ether oxygens (including phenoxy) is 1. The maximum Gasteiger partial charge on any atom is 0.429 e. The summed E-state index contributed by atoms with van der Waals surface area (Å²) in [6.45, 7) is 10.7. The molecule has 0 saturated carbocycles. The lowest BCUT2D eigenvalue weighted by Crippen LogP contribution is -2.52. The lowest BCUT2D eigenvalue weighted by Gasteiger charge is -2.37. The Morgan fingerprint density at radius 1 is 1.22 bits per heavy atom. The van der Waals surface area contributed by atoms with Crippen molar-refractivity contribution in [1.29, 1.82) is 0 Å². The maximum atomic E-state index is 12.9. The lowest BCUT2D eigenvalue weighted by molar-refractivity contribution is -0.136. The molecular formula is C23H32N4O5. The summed E-state index contributed by atoms with van der Waals surface area (Å²) in [5.74, 6) is -0.963. The number of hydrogen-bond donors (Lipinski definition) is 1. The largest absolute Gasteiger partial charge is 0.442 e. The van der Waals surface area contributed by atoms with E-state index in [-0.39, 0.29) is 24.8 Å². The van der Waals surface area contributed by atoms with E-state index in [4.69, 9.17) is 4.74 Å². The molecule has 1 aromatic rings. The number of fused-ring (bicyclic) bond motifs is 1. The van der Waals surface area contributed by atoms with Gasteiger partial charge in [-0.05, 0) is 64.3 Å². The Kier molecular flexibility index (Phi) is 6.76. The highest BCUT2D eigenvalue weighted by Gasteiger charge is 2.39. The van der Waals surface area contributed by atoms with Crippen LogP contribution in [0.4, 0.5) is 10.5 Å². The highest BCUT2D eigenvalue weighted by Crippen LogP contribution is 2.31. The molecule has 3 rings (SSSR count). The molecule has 1 atom stereocenters. The van der Waals surface area contributed by atoms with Gasteiger partial charge in [0.1, 0.15) is 11.6 Å². The van der Waals surface area contributed by atoms with Crippen LogP contribution in [0.2, 0.25) is 0 Å². The standard InChI is InChI=1S/C23H32N4O5/c1-6-12-27(26(7-2)22(31)32-23(3,4)5)16-8-9-17-15(13-16)14-25(21(17)30)18-10-11-19(28)24-20(18)29/h8-9,13,18H,6-7,10-12,14H2,1-5H3,(H,24,28,29). The number of hydrazine groups is 1. The van der Waals surface area contributed by atoms with Crippen molar-refractivity contribution in [3.8, 4) is 0 Å². The molecule has 4 amide bonds. The summed E-state index contributed by atoms with van der Waals surface area (Å²) >= 11 is 0. The summed E-state index contributed by atoms with van der Waals surface area (Å²) in [6.07, 6.45) is 0.905. The van der Waals surface area contributed by atoms with Gasteiger partial charge in [0, 0.05) is 31.6 Å². The first-order chi connectivity index (χ1) is 15.1. The van der Waals surface area contributed by atoms with Crippen molar-refractivity contribution in [2.24, 2.45) is 0 Å². The third kappa shape index (κ3) is 4.87. The number of hydrogen-bond acceptors (Lipinski definition) is 6. The van der Waals surface area contributed by atoms with Crippen LogP contribution in [0, 0.1) is 0 Å². The summed E-state index contributed by atoms with van der Waals surface area (Å²) in [7, 11) is 0. The number of nitrogens with one attached hydrogen (secondary N) is 1. The Bertz CT molecular complexity index is 923. The second kappa shape index (κ2) is 9.18. The summed E-state index contributed by atoms with van der Waals surface area (Å²) in [5.41, 5.74) is 1.49. The summed E-state index contributed by atoms with van der Waals surface area (Å²) in [6, 6.07) is 4.79. The molecule has 2 aliphatic heterocycles. The monoisotopic (exact) mass is 444 g/mol. The molecule has 0 radical (unpaired) electrons. The molecule has 1 fully saturated rings. The average molecular weight is 445 g/mol. The summed E-state index contributed by atoms with van der Waals surface area (Å²) in [5, 5.41) is 5.74. The van der Waals surface area contributed by atoms with E-state index in [1.807, 2.05) is 51.8 Å². The summed E-state index contributed by atoms with van der Waals surface area (Å²) < 4.78 is 5.58. The fourth-order valence-corrected chi connectivity index (χ4v) is 4.04. The minimum atomic E-state index is -0.656. The molecule has 9 nitrogen and oxygen atoms in total. The first kappa shape index (κ1) is 23.6. The predicted molar refractivity (Wildman–Crippen MR) is 119 cm³/mol. The Morgan fingerprint density at radius 3 is 2.53 bits per heavy atom. The lowest BCUT2D eigenvalue weighted by atomic mass is 10.0. The summed E-state index contributed by atoms with van der Waals surface area (Å²) in [4.78, 5) is 51.0. The molecule has 0 aliphatic carbocycles. The smallest absolute Gasteiger partial charge is 0.429 e. The molecule has 2 aliphatic rings. The maximum absolute atomic E-state index is 12.9. The first-order valence-corrected chi connectivity index (χ1v) is 11.1. The second-order valence-corrected chi connectivity index (χ2v) is 9.06. The van der Waals surface area contributed by atoms with Gasteiger partial charge in [0.05, 0.1) is 5.69 Å². The highest BCUT2D eigenvalue weighted by atomic mass is 16.6. The normalized spacial score (nSPS) is 18.3. The van der Waals surface area contributed by atoms with E-state index < -0.39 is 23.6 Å². The Morgan fingerprint density at radius 2 is 1.94 bits per heavy atom. The number of rotatable bonds is 6. The van der Waals surface area contributed by atoms with Crippen molar-refractivity contribution in [3.05, 3.63) is 29.3 Å². The van der Waals surface area contributed by atoms with Gasteiger partial charge in [-0.2, -0.15) is 0 Å². The number of amides is 4. The third-order valence-corrected chi connectivity index (χ3v) is 5.44. The number of carbonyl (C=O) groups excluding carboxylic acids is 4. The van der Waals surface area contributed by atoms with Gasteiger partial charge in [0.2, 0.25) is 11.8 Å². The number of anilines is 1. The van der Waals surface area contributed by atoms with Gasteiger partial charge < -0.3 is 9.64 Å². The number of piperidine rings is 1. The highest BCUT2D eigenvalue weighted by molar-refractivity contribution is 6.05. The van der Waals surface area contributed by atoms with E-state index in [1.165, 1.54) is 4.90 Å². The SMILES string of the molecule is CCCN(c1ccc2c(c1)CN(C1CCC(=O)NC1=O)C2=O)N(CC)C(=O)OC(C)(C)C. The zero-order valence-corrected chi connectivity index (χ0v) is 19.4. The van der Waals surface area contributed by atoms with Gasteiger partial charge in [-0.25, -0.2) is 9.80 Å². The number of nitrogens with zero attached hydrogens (tertiary/aromatic N) is 3. The van der Waals surface area contributed by atoms with Crippen molar-refractivity contribution in [1.82, 2.24) is 15.2 Å². The van der Waals surface area contributed by atoms with Crippen molar-refractivity contribution >= 4 is 29.5 Å². The number of benzene rings is 1. The second-order valence-electron chi connectivity index (χ2n) is 9.06. The van der Waals surface area contributed by atoms with E-state index in [1.54, 1.807) is 11.1 Å². The van der Waals surface area contributed by atoms with Crippen molar-refractivity contribution in [2.45, 2.75) is 72.1 Å². The van der Waals surface area contributed by atoms with Gasteiger partial charge in [0.15, 0.2) is 0 Å². The predicted octanol–water partition coefficient (Wildman–Crippen LogP) is 2.84. The van der Waals surface area contributed by atoms with E-state index in [2.05, 4.69) is 5.32 Å². The Balaban J connectivity index is 1.86. The van der Waals surface area contributed by atoms with Crippen molar-refractivity contribution in [2.75, 3.05) is 18.1 Å². The van der Waals surface area contributed by atoms with Gasteiger partial charge >= 0.3 is 6.09 Å². The van der Waals surface area contributed by atoms with Crippen LogP contribution in [-0.4, -0.2) is 58.5 Å². The number of carbonyl (C=O) groups is 4.